The molecule has 0 aliphatic heterocycles. The molecule has 0 radical (unpaired) electrons. The number of carbonyl (C=O) groups excluding carboxylic acids is 1. The Morgan fingerprint density at radius 3 is 2.24 bits per heavy atom. The van der Waals surface area contributed by atoms with Crippen molar-refractivity contribution >= 4 is 23.2 Å². The van der Waals surface area contributed by atoms with E-state index in [1.807, 2.05) is 25.1 Å². The molecule has 0 spiro atoms. The summed E-state index contributed by atoms with van der Waals surface area (Å²) in [4.78, 5) is 12.5. The monoisotopic (exact) mass is 359 g/mol. The Bertz CT molecular complexity index is 727. The third-order valence-electron chi connectivity index (χ3n) is 4.08. The van der Waals surface area contributed by atoms with E-state index in [0.717, 1.165) is 22.4 Å². The van der Waals surface area contributed by atoms with Gasteiger partial charge in [-0.2, -0.15) is 0 Å². The topological polar surface area (TPSA) is 38.3 Å². The number of rotatable bonds is 6. The fourth-order valence-corrected chi connectivity index (χ4v) is 2.91. The van der Waals surface area contributed by atoms with Crippen molar-refractivity contribution in [3.05, 3.63) is 58.1 Å². The number of hydrogen-bond acceptors (Lipinski definition) is 2. The van der Waals surface area contributed by atoms with Crippen molar-refractivity contribution in [3.63, 3.8) is 0 Å². The van der Waals surface area contributed by atoms with Crippen LogP contribution in [0.15, 0.2) is 36.4 Å². The van der Waals surface area contributed by atoms with Crippen LogP contribution in [0.2, 0.25) is 5.02 Å². The minimum atomic E-state index is -0.187. The number of benzene rings is 2. The van der Waals surface area contributed by atoms with Crippen LogP contribution in [-0.4, -0.2) is 12.5 Å². The Balaban J connectivity index is 2.16. The van der Waals surface area contributed by atoms with Gasteiger partial charge in [0, 0.05) is 5.69 Å². The summed E-state index contributed by atoms with van der Waals surface area (Å²) in [7, 11) is 0. The number of para-hydroxylation sites is 1. The molecule has 1 N–H and O–H groups in total. The summed E-state index contributed by atoms with van der Waals surface area (Å²) in [5.74, 6) is 0.980. The van der Waals surface area contributed by atoms with Gasteiger partial charge in [0.25, 0.3) is 5.91 Å². The largest absolute Gasteiger partial charge is 0.482 e. The number of carbonyl (C=O) groups is 1. The second-order valence-electron chi connectivity index (χ2n) is 6.89. The fraction of sp³-hybridized carbons (Fsp3) is 0.381. The van der Waals surface area contributed by atoms with Crippen LogP contribution in [0.1, 0.15) is 56.2 Å². The van der Waals surface area contributed by atoms with E-state index in [4.69, 9.17) is 16.3 Å². The molecule has 3 nitrogen and oxygen atoms in total. The number of amides is 1. The minimum Gasteiger partial charge on any atom is -0.482 e. The molecule has 0 heterocycles. The predicted octanol–water partition coefficient (Wildman–Crippen LogP) is 5.91. The van der Waals surface area contributed by atoms with Gasteiger partial charge >= 0.3 is 0 Å². The smallest absolute Gasteiger partial charge is 0.262 e. The molecule has 1 amide bonds. The zero-order valence-corrected chi connectivity index (χ0v) is 16.3. The molecule has 0 saturated heterocycles. The normalized spacial score (nSPS) is 11.0. The second-order valence-corrected chi connectivity index (χ2v) is 7.30. The molecule has 0 bridgehead atoms. The molecule has 2 aromatic carbocycles. The Morgan fingerprint density at radius 2 is 1.68 bits per heavy atom. The van der Waals surface area contributed by atoms with Gasteiger partial charge in [0.15, 0.2) is 6.61 Å². The first kappa shape index (κ1) is 19.3. The molecule has 4 heteroatoms. The van der Waals surface area contributed by atoms with Crippen LogP contribution in [-0.2, 0) is 4.79 Å². The van der Waals surface area contributed by atoms with Gasteiger partial charge in [-0.1, -0.05) is 63.6 Å². The summed E-state index contributed by atoms with van der Waals surface area (Å²) in [6, 6.07) is 11.7. The lowest BCUT2D eigenvalue weighted by molar-refractivity contribution is -0.118. The lowest BCUT2D eigenvalue weighted by Gasteiger charge is -2.20. The third kappa shape index (κ3) is 4.99. The zero-order valence-electron chi connectivity index (χ0n) is 15.5. The molecule has 0 fully saturated rings. The highest BCUT2D eigenvalue weighted by atomic mass is 35.5. The molecule has 0 aliphatic carbocycles. The van der Waals surface area contributed by atoms with E-state index in [9.17, 15) is 4.79 Å². The maximum absolute atomic E-state index is 12.5. The molecular weight excluding hydrogens is 334 g/mol. The highest BCUT2D eigenvalue weighted by Gasteiger charge is 2.16. The molecule has 134 valence electrons. The average Bonchev–Trinajstić information content (AvgIpc) is 2.55. The van der Waals surface area contributed by atoms with Crippen molar-refractivity contribution in [2.45, 2.75) is 46.5 Å². The predicted molar refractivity (Wildman–Crippen MR) is 105 cm³/mol. The van der Waals surface area contributed by atoms with Crippen molar-refractivity contribution in [1.29, 1.82) is 0 Å². The van der Waals surface area contributed by atoms with Crippen molar-refractivity contribution in [2.24, 2.45) is 0 Å². The second kappa shape index (κ2) is 8.39. The van der Waals surface area contributed by atoms with Crippen LogP contribution in [0.4, 0.5) is 5.69 Å². The summed E-state index contributed by atoms with van der Waals surface area (Å²) in [5, 5.41) is 3.54. The first-order valence-electron chi connectivity index (χ1n) is 8.61. The van der Waals surface area contributed by atoms with Crippen LogP contribution < -0.4 is 10.1 Å². The van der Waals surface area contributed by atoms with Gasteiger partial charge in [-0.05, 0) is 47.6 Å². The van der Waals surface area contributed by atoms with E-state index >= 15 is 0 Å². The molecule has 25 heavy (non-hydrogen) atoms. The van der Waals surface area contributed by atoms with Crippen molar-refractivity contribution in [1.82, 2.24) is 0 Å². The summed E-state index contributed by atoms with van der Waals surface area (Å²) in [6.07, 6.45) is 0. The molecule has 0 saturated carbocycles. The average molecular weight is 360 g/mol. The first-order valence-corrected chi connectivity index (χ1v) is 8.99. The van der Waals surface area contributed by atoms with E-state index < -0.39 is 0 Å². The molecule has 0 atom stereocenters. The standard InChI is InChI=1S/C21H26ClNO2/c1-13(2)16-7-6-8-17(14(3)4)21(16)23-20(24)12-25-19-11-15(5)9-10-18(19)22/h6-11,13-14H,12H2,1-5H3,(H,23,24). The maximum Gasteiger partial charge on any atom is 0.262 e. The van der Waals surface area contributed by atoms with E-state index in [1.54, 1.807) is 6.07 Å². The van der Waals surface area contributed by atoms with Gasteiger partial charge < -0.3 is 10.1 Å². The van der Waals surface area contributed by atoms with Crippen LogP contribution in [0, 0.1) is 6.92 Å². The molecular formula is C21H26ClNO2. The number of anilines is 1. The molecule has 0 unspecified atom stereocenters. The SMILES string of the molecule is Cc1ccc(Cl)c(OCC(=O)Nc2c(C(C)C)cccc2C(C)C)c1. The number of ether oxygens (including phenoxy) is 1. The van der Waals surface area contributed by atoms with E-state index in [-0.39, 0.29) is 12.5 Å². The molecule has 0 aliphatic rings. The lowest BCUT2D eigenvalue weighted by Crippen LogP contribution is -2.22. The van der Waals surface area contributed by atoms with Gasteiger partial charge in [0.2, 0.25) is 0 Å². The summed E-state index contributed by atoms with van der Waals surface area (Å²) in [6.45, 7) is 10.4. The minimum absolute atomic E-state index is 0.0763. The third-order valence-corrected chi connectivity index (χ3v) is 4.40. The van der Waals surface area contributed by atoms with Gasteiger partial charge in [0.05, 0.1) is 5.02 Å². The van der Waals surface area contributed by atoms with Crippen molar-refractivity contribution in [3.8, 4) is 5.75 Å². The van der Waals surface area contributed by atoms with Gasteiger partial charge in [0.1, 0.15) is 5.75 Å². The molecule has 2 rings (SSSR count). The highest BCUT2D eigenvalue weighted by molar-refractivity contribution is 6.32. The molecule has 2 aromatic rings. The van der Waals surface area contributed by atoms with E-state index in [1.165, 1.54) is 0 Å². The summed E-state index contributed by atoms with van der Waals surface area (Å²) >= 11 is 6.12. The van der Waals surface area contributed by atoms with Crippen LogP contribution in [0.5, 0.6) is 5.75 Å². The highest BCUT2D eigenvalue weighted by Crippen LogP contribution is 2.32. The fourth-order valence-electron chi connectivity index (χ4n) is 2.74. The number of aryl methyl sites for hydroxylation is 1. The maximum atomic E-state index is 12.5. The Morgan fingerprint density at radius 1 is 1.08 bits per heavy atom. The van der Waals surface area contributed by atoms with Crippen LogP contribution in [0.25, 0.3) is 0 Å². The number of halogens is 1. The quantitative estimate of drug-likeness (QED) is 0.695. The van der Waals surface area contributed by atoms with Gasteiger partial charge in [-0.25, -0.2) is 0 Å². The Labute approximate surface area is 155 Å². The number of hydrogen-bond donors (Lipinski definition) is 1. The first-order chi connectivity index (χ1) is 11.8. The van der Waals surface area contributed by atoms with E-state index in [2.05, 4.69) is 45.1 Å². The zero-order chi connectivity index (χ0) is 18.6. The van der Waals surface area contributed by atoms with Crippen LogP contribution >= 0.6 is 11.6 Å². The van der Waals surface area contributed by atoms with E-state index in [0.29, 0.717) is 22.6 Å². The number of nitrogens with one attached hydrogen (secondary N) is 1. The van der Waals surface area contributed by atoms with Crippen molar-refractivity contribution < 1.29 is 9.53 Å². The van der Waals surface area contributed by atoms with Crippen LogP contribution in [0.3, 0.4) is 0 Å². The van der Waals surface area contributed by atoms with Gasteiger partial charge in [-0.15, -0.1) is 0 Å². The Kier molecular flexibility index (Phi) is 6.49. The van der Waals surface area contributed by atoms with Gasteiger partial charge in [-0.3, -0.25) is 4.79 Å². The lowest BCUT2D eigenvalue weighted by atomic mass is 9.92. The van der Waals surface area contributed by atoms with Crippen molar-refractivity contribution in [2.75, 3.05) is 11.9 Å². The summed E-state index contributed by atoms with van der Waals surface area (Å²) in [5.41, 5.74) is 4.20. The summed E-state index contributed by atoms with van der Waals surface area (Å²) < 4.78 is 5.61. The molecule has 0 aromatic heterocycles. The Hall–Kier alpha value is -2.00.